The first-order chi connectivity index (χ1) is 7.20. The van der Waals surface area contributed by atoms with Gasteiger partial charge in [0.25, 0.3) is 0 Å². The van der Waals surface area contributed by atoms with Gasteiger partial charge in [0.15, 0.2) is 0 Å². The van der Waals surface area contributed by atoms with Crippen LogP contribution >= 0.6 is 0 Å². The summed E-state index contributed by atoms with van der Waals surface area (Å²) < 4.78 is 11.1. The van der Waals surface area contributed by atoms with Crippen molar-refractivity contribution in [2.75, 3.05) is 26.4 Å². The zero-order valence-electron chi connectivity index (χ0n) is 10.3. The van der Waals surface area contributed by atoms with Crippen LogP contribution in [0.1, 0.15) is 33.6 Å². The maximum atomic E-state index is 5.61. The van der Waals surface area contributed by atoms with Crippen LogP contribution in [0.3, 0.4) is 0 Å². The van der Waals surface area contributed by atoms with Gasteiger partial charge in [-0.25, -0.2) is 0 Å². The first-order valence-corrected chi connectivity index (χ1v) is 6.13. The number of ether oxygens (including phenoxy) is 2. The quantitative estimate of drug-likeness (QED) is 0.657. The highest BCUT2D eigenvalue weighted by molar-refractivity contribution is 4.76. The maximum absolute atomic E-state index is 5.61. The van der Waals surface area contributed by atoms with E-state index in [2.05, 4.69) is 26.1 Å². The van der Waals surface area contributed by atoms with Gasteiger partial charge in [-0.2, -0.15) is 0 Å². The Morgan fingerprint density at radius 1 is 1.40 bits per heavy atom. The fraction of sp³-hybridized carbons (Fsp3) is 1.00. The van der Waals surface area contributed by atoms with E-state index in [0.29, 0.717) is 18.1 Å². The highest BCUT2D eigenvalue weighted by atomic mass is 16.5. The molecule has 0 spiro atoms. The van der Waals surface area contributed by atoms with Crippen LogP contribution in [0.5, 0.6) is 0 Å². The predicted octanol–water partition coefficient (Wildman–Crippen LogP) is 1.82. The molecular formula is C12H25NO2. The van der Waals surface area contributed by atoms with E-state index in [1.165, 1.54) is 12.8 Å². The molecule has 1 aliphatic heterocycles. The Hall–Kier alpha value is -0.120. The van der Waals surface area contributed by atoms with Crippen molar-refractivity contribution < 1.29 is 9.47 Å². The average molecular weight is 215 g/mol. The molecule has 3 nitrogen and oxygen atoms in total. The SMILES string of the molecule is CC(C)COCCNC(C)C1CCCO1. The largest absolute Gasteiger partial charge is 0.380 e. The van der Waals surface area contributed by atoms with Crippen molar-refractivity contribution in [2.24, 2.45) is 5.92 Å². The standard InChI is InChI=1S/C12H25NO2/c1-10(2)9-14-8-6-13-11(3)12-5-4-7-15-12/h10-13H,4-9H2,1-3H3. The maximum Gasteiger partial charge on any atom is 0.0726 e. The number of hydrogen-bond donors (Lipinski definition) is 1. The summed E-state index contributed by atoms with van der Waals surface area (Å²) >= 11 is 0. The van der Waals surface area contributed by atoms with Crippen LogP contribution in [0.15, 0.2) is 0 Å². The van der Waals surface area contributed by atoms with Gasteiger partial charge in [-0.1, -0.05) is 13.8 Å². The molecule has 90 valence electrons. The molecule has 1 N–H and O–H groups in total. The molecule has 0 bridgehead atoms. The van der Waals surface area contributed by atoms with Crippen LogP contribution in [0.4, 0.5) is 0 Å². The van der Waals surface area contributed by atoms with E-state index in [1.807, 2.05) is 0 Å². The van der Waals surface area contributed by atoms with Crippen LogP contribution in [-0.2, 0) is 9.47 Å². The van der Waals surface area contributed by atoms with Crippen LogP contribution in [0.2, 0.25) is 0 Å². The van der Waals surface area contributed by atoms with E-state index in [9.17, 15) is 0 Å². The van der Waals surface area contributed by atoms with E-state index in [-0.39, 0.29) is 0 Å². The first-order valence-electron chi connectivity index (χ1n) is 6.13. The molecule has 0 aromatic heterocycles. The van der Waals surface area contributed by atoms with E-state index in [1.54, 1.807) is 0 Å². The molecule has 0 saturated carbocycles. The molecule has 15 heavy (non-hydrogen) atoms. The van der Waals surface area contributed by atoms with Gasteiger partial charge in [-0.3, -0.25) is 0 Å². The summed E-state index contributed by atoms with van der Waals surface area (Å²) in [5.74, 6) is 0.626. The van der Waals surface area contributed by atoms with E-state index < -0.39 is 0 Å². The van der Waals surface area contributed by atoms with E-state index >= 15 is 0 Å². The number of rotatable bonds is 7. The molecule has 0 aliphatic carbocycles. The molecule has 0 aromatic rings. The van der Waals surface area contributed by atoms with Crippen LogP contribution in [-0.4, -0.2) is 38.5 Å². The number of nitrogens with one attached hydrogen (secondary N) is 1. The van der Waals surface area contributed by atoms with Crippen molar-refractivity contribution in [3.05, 3.63) is 0 Å². The zero-order valence-corrected chi connectivity index (χ0v) is 10.3. The molecule has 2 unspecified atom stereocenters. The number of hydrogen-bond acceptors (Lipinski definition) is 3. The fourth-order valence-corrected chi connectivity index (χ4v) is 1.81. The molecule has 1 aliphatic rings. The van der Waals surface area contributed by atoms with Crippen LogP contribution < -0.4 is 5.32 Å². The third kappa shape index (κ3) is 5.50. The molecular weight excluding hydrogens is 190 g/mol. The van der Waals surface area contributed by atoms with Gasteiger partial charge in [-0.05, 0) is 25.7 Å². The smallest absolute Gasteiger partial charge is 0.0726 e. The second kappa shape index (κ2) is 7.20. The minimum Gasteiger partial charge on any atom is -0.380 e. The summed E-state index contributed by atoms with van der Waals surface area (Å²) in [6.45, 7) is 10.0. The van der Waals surface area contributed by atoms with Crippen LogP contribution in [0, 0.1) is 5.92 Å². The third-order valence-electron chi connectivity index (χ3n) is 2.69. The summed E-state index contributed by atoms with van der Waals surface area (Å²) in [6, 6.07) is 0.454. The predicted molar refractivity (Wildman–Crippen MR) is 62.1 cm³/mol. The fourth-order valence-electron chi connectivity index (χ4n) is 1.81. The Morgan fingerprint density at radius 2 is 2.20 bits per heavy atom. The highest BCUT2D eigenvalue weighted by Crippen LogP contribution is 2.14. The lowest BCUT2D eigenvalue weighted by Gasteiger charge is -2.20. The summed E-state index contributed by atoms with van der Waals surface area (Å²) in [4.78, 5) is 0. The second-order valence-electron chi connectivity index (χ2n) is 4.76. The molecule has 1 heterocycles. The van der Waals surface area contributed by atoms with E-state index in [4.69, 9.17) is 9.47 Å². The Morgan fingerprint density at radius 3 is 2.80 bits per heavy atom. The van der Waals surface area contributed by atoms with Gasteiger partial charge < -0.3 is 14.8 Å². The van der Waals surface area contributed by atoms with E-state index in [0.717, 1.165) is 26.4 Å². The molecule has 0 amide bonds. The lowest BCUT2D eigenvalue weighted by Crippen LogP contribution is -2.38. The van der Waals surface area contributed by atoms with Crippen molar-refractivity contribution in [2.45, 2.75) is 45.8 Å². The Labute approximate surface area is 93.5 Å². The Kier molecular flexibility index (Phi) is 6.22. The van der Waals surface area contributed by atoms with Crippen molar-refractivity contribution in [1.29, 1.82) is 0 Å². The topological polar surface area (TPSA) is 30.5 Å². The van der Waals surface area contributed by atoms with Gasteiger partial charge in [0, 0.05) is 25.8 Å². The molecule has 1 saturated heterocycles. The Bertz CT molecular complexity index is 156. The lowest BCUT2D eigenvalue weighted by atomic mass is 10.1. The van der Waals surface area contributed by atoms with Gasteiger partial charge in [0.2, 0.25) is 0 Å². The summed E-state index contributed by atoms with van der Waals surface area (Å²) in [7, 11) is 0. The lowest BCUT2D eigenvalue weighted by molar-refractivity contribution is 0.0737. The molecule has 0 aromatic carbocycles. The third-order valence-corrected chi connectivity index (χ3v) is 2.69. The minimum absolute atomic E-state index is 0.412. The van der Waals surface area contributed by atoms with Crippen molar-refractivity contribution in [3.8, 4) is 0 Å². The molecule has 2 atom stereocenters. The zero-order chi connectivity index (χ0) is 11.1. The van der Waals surface area contributed by atoms with Gasteiger partial charge in [-0.15, -0.1) is 0 Å². The molecule has 1 fully saturated rings. The molecule has 0 radical (unpaired) electrons. The van der Waals surface area contributed by atoms with Gasteiger partial charge in [0.05, 0.1) is 12.7 Å². The monoisotopic (exact) mass is 215 g/mol. The summed E-state index contributed by atoms with van der Waals surface area (Å²) in [6.07, 6.45) is 2.82. The normalized spacial score (nSPS) is 23.6. The van der Waals surface area contributed by atoms with Crippen LogP contribution in [0.25, 0.3) is 0 Å². The minimum atomic E-state index is 0.412. The first kappa shape index (κ1) is 12.9. The van der Waals surface area contributed by atoms with Crippen molar-refractivity contribution in [1.82, 2.24) is 5.32 Å². The van der Waals surface area contributed by atoms with Crippen molar-refractivity contribution in [3.63, 3.8) is 0 Å². The second-order valence-corrected chi connectivity index (χ2v) is 4.76. The Balaban J connectivity index is 1.94. The average Bonchev–Trinajstić information content (AvgIpc) is 2.69. The van der Waals surface area contributed by atoms with Gasteiger partial charge >= 0.3 is 0 Å². The summed E-state index contributed by atoms with van der Waals surface area (Å²) in [5.41, 5.74) is 0. The summed E-state index contributed by atoms with van der Waals surface area (Å²) in [5, 5.41) is 3.45. The highest BCUT2D eigenvalue weighted by Gasteiger charge is 2.21. The molecule has 1 rings (SSSR count). The van der Waals surface area contributed by atoms with Gasteiger partial charge in [0.1, 0.15) is 0 Å². The molecule has 3 heteroatoms. The van der Waals surface area contributed by atoms with Crippen molar-refractivity contribution >= 4 is 0 Å².